The molecule has 3 saturated carbocycles. The van der Waals surface area contributed by atoms with Crippen LogP contribution in [0.3, 0.4) is 0 Å². The predicted molar refractivity (Wildman–Crippen MR) is 317 cm³/mol. The zero-order valence-electron chi connectivity index (χ0n) is 50.1. The number of hydrogen-bond donors (Lipinski definition) is 7. The minimum atomic E-state index is -1.03. The lowest BCUT2D eigenvalue weighted by Crippen LogP contribution is -2.72. The summed E-state index contributed by atoms with van der Waals surface area (Å²) in [6.45, 7) is 16.4. The minimum absolute atomic E-state index is 0.0366. The van der Waals surface area contributed by atoms with Crippen LogP contribution in [0.25, 0.3) is 11.7 Å². The minimum Gasteiger partial charge on any atom is -0.480 e. The Morgan fingerprint density at radius 1 is 0.659 bits per heavy atom. The number of aliphatic carboxylic acids is 3. The van der Waals surface area contributed by atoms with Gasteiger partial charge in [0.25, 0.3) is 0 Å². The van der Waals surface area contributed by atoms with Crippen LogP contribution in [0, 0.1) is 24.7 Å². The quantitative estimate of drug-likeness (QED) is 0.0396. The number of nitrogens with zero attached hydrogens (tertiary/aromatic N) is 9. The summed E-state index contributed by atoms with van der Waals surface area (Å²) in [6, 6.07) is 9.83. The lowest BCUT2D eigenvalue weighted by Gasteiger charge is -2.70. The number of aliphatic hydroxyl groups is 1. The van der Waals surface area contributed by atoms with Crippen LogP contribution in [0.2, 0.25) is 0 Å². The third-order valence-corrected chi connectivity index (χ3v) is 16.6. The van der Waals surface area contributed by atoms with E-state index in [2.05, 4.69) is 82.1 Å². The monoisotopic (exact) mass is 1190 g/mol. The van der Waals surface area contributed by atoms with Crippen LogP contribution in [-0.2, 0) is 55.8 Å². The third kappa shape index (κ3) is 20.8. The predicted octanol–water partition coefficient (Wildman–Crippen LogP) is 0.315. The fourth-order valence-electron chi connectivity index (χ4n) is 12.2. The summed E-state index contributed by atoms with van der Waals surface area (Å²) in [4.78, 5) is 90.5. The molecule has 8 rings (SSSR count). The number of piperazine rings is 1. The van der Waals surface area contributed by atoms with E-state index in [4.69, 9.17) is 24.3 Å². The van der Waals surface area contributed by atoms with Gasteiger partial charge in [-0.15, -0.1) is 0 Å². The summed E-state index contributed by atoms with van der Waals surface area (Å²) < 4.78 is 18.8. The van der Waals surface area contributed by atoms with Gasteiger partial charge in [-0.05, 0) is 75.0 Å². The van der Waals surface area contributed by atoms with Gasteiger partial charge in [0.1, 0.15) is 6.04 Å². The fraction of sp³-hybridized carbons (Fsp3) is 0.667. The number of fused-ring (bicyclic) bond motifs is 1. The van der Waals surface area contributed by atoms with Crippen molar-refractivity contribution >= 4 is 47.4 Å². The number of amides is 3. The normalized spacial score (nSPS) is 20.9. The Bertz CT molecular complexity index is 2650. The lowest BCUT2D eigenvalue weighted by molar-refractivity contribution is -0.215. The molecule has 0 unspecified atom stereocenters. The van der Waals surface area contributed by atoms with Gasteiger partial charge in [0.05, 0.1) is 70.3 Å². The van der Waals surface area contributed by atoms with Crippen molar-refractivity contribution in [3.63, 3.8) is 0 Å². The van der Waals surface area contributed by atoms with E-state index in [9.17, 15) is 49.2 Å². The van der Waals surface area contributed by atoms with E-state index in [-0.39, 0.29) is 43.4 Å². The van der Waals surface area contributed by atoms with Crippen LogP contribution >= 0.6 is 0 Å². The highest BCUT2D eigenvalue weighted by atomic mass is 16.5. The van der Waals surface area contributed by atoms with Crippen LogP contribution in [-0.4, -0.2) is 283 Å². The molecule has 25 nitrogen and oxygen atoms in total. The van der Waals surface area contributed by atoms with Crippen molar-refractivity contribution in [3.05, 3.63) is 70.2 Å². The number of hydrogen-bond acceptors (Lipinski definition) is 18. The van der Waals surface area contributed by atoms with Crippen LogP contribution < -0.4 is 16.0 Å². The zero-order valence-corrected chi connectivity index (χ0v) is 50.1. The topological polar surface area (TPSA) is 297 Å². The lowest BCUT2D eigenvalue weighted by atomic mass is 9.34. The molecule has 3 aromatic rings. The first-order valence-corrected chi connectivity index (χ1v) is 30.2. The summed E-state index contributed by atoms with van der Waals surface area (Å²) in [5, 5.41) is 51.6. The van der Waals surface area contributed by atoms with Crippen LogP contribution in [0.4, 0.5) is 0 Å². The Labute approximate surface area is 499 Å². The van der Waals surface area contributed by atoms with E-state index in [0.29, 0.717) is 118 Å². The van der Waals surface area contributed by atoms with Crippen molar-refractivity contribution in [3.8, 4) is 0 Å². The maximum Gasteiger partial charge on any atom is 0.317 e. The molecule has 2 aromatic heterocycles. The van der Waals surface area contributed by atoms with E-state index in [1.54, 1.807) is 14.7 Å². The average Bonchev–Trinajstić information content (AvgIpc) is 1.16. The number of carbonyl (C=O) groups excluding carboxylic acids is 3. The Hall–Kier alpha value is -6.00. The molecule has 3 aliphatic carbocycles. The molecule has 5 fully saturated rings. The summed E-state index contributed by atoms with van der Waals surface area (Å²) in [6.07, 6.45) is 9.65. The second-order valence-corrected chi connectivity index (χ2v) is 23.4. The highest BCUT2D eigenvalue weighted by molar-refractivity contribution is 5.92. The molecule has 7 N–H and O–H groups in total. The van der Waals surface area contributed by atoms with Crippen molar-refractivity contribution < 1.29 is 63.4 Å². The van der Waals surface area contributed by atoms with Crippen LogP contribution in [0.1, 0.15) is 72.8 Å². The number of carbonyl (C=O) groups is 6. The number of aryl methyl sites for hydroxylation is 3. The van der Waals surface area contributed by atoms with Crippen molar-refractivity contribution in [2.75, 3.05) is 177 Å². The number of ether oxygens (including phenoxy) is 3. The molecule has 3 amide bonds. The third-order valence-electron chi connectivity index (χ3n) is 16.6. The van der Waals surface area contributed by atoms with Crippen LogP contribution in [0.5, 0.6) is 0 Å². The van der Waals surface area contributed by atoms with E-state index in [1.165, 1.54) is 16.7 Å². The highest BCUT2D eigenvalue weighted by Crippen LogP contribution is 2.73. The summed E-state index contributed by atoms with van der Waals surface area (Å²) in [7, 11) is 0. The van der Waals surface area contributed by atoms with Gasteiger partial charge in [0.15, 0.2) is 5.65 Å². The van der Waals surface area contributed by atoms with Gasteiger partial charge in [-0.2, -0.15) is 5.10 Å². The number of rotatable bonds is 34. The first-order chi connectivity index (χ1) is 40.9. The highest BCUT2D eigenvalue weighted by Gasteiger charge is 2.71. The van der Waals surface area contributed by atoms with Gasteiger partial charge >= 0.3 is 17.9 Å². The second-order valence-electron chi connectivity index (χ2n) is 23.4. The number of carboxylic acids is 3. The van der Waals surface area contributed by atoms with Crippen molar-refractivity contribution in [1.82, 2.24) is 59.9 Å². The average molecular weight is 1190 g/mol. The molecule has 0 radical (unpaired) electrons. The van der Waals surface area contributed by atoms with Crippen LogP contribution in [0.15, 0.2) is 36.4 Å². The van der Waals surface area contributed by atoms with Gasteiger partial charge in [0.2, 0.25) is 17.7 Å². The number of benzene rings is 1. The molecule has 2 saturated heterocycles. The molecule has 85 heavy (non-hydrogen) atoms. The van der Waals surface area contributed by atoms with Crippen molar-refractivity contribution in [1.29, 1.82) is 0 Å². The van der Waals surface area contributed by atoms with E-state index < -0.39 is 41.9 Å². The van der Waals surface area contributed by atoms with E-state index in [1.807, 2.05) is 16.3 Å². The fourth-order valence-corrected chi connectivity index (χ4v) is 12.2. The molecular weight excluding hydrogens is 1100 g/mol. The number of aromatic nitrogens is 3. The SMILES string of the molecule is CCc1nn2c(C)cc(C)nc2c1Cc1ccc(/C=C/CN2CCN(CC34CC(C(=O)N[C@@H](CO)C(=O)NCCCOCCOCCOCCCNC(=O)CN5CCN(CC(=O)O)CCN(CC(=O)O)CCN(CC(=O)O)CC5)(C3)C4)CC2)cc1. The number of nitrogens with one attached hydrogen (secondary N) is 3. The van der Waals surface area contributed by atoms with Crippen molar-refractivity contribution in [2.45, 2.75) is 71.8 Å². The number of carboxylic acid groups (broad SMARTS) is 3. The summed E-state index contributed by atoms with van der Waals surface area (Å²) >= 11 is 0. The van der Waals surface area contributed by atoms with Gasteiger partial charge in [0, 0.05) is 141 Å². The molecular formula is C60H92N12O13. The van der Waals surface area contributed by atoms with Crippen molar-refractivity contribution in [2.24, 2.45) is 10.8 Å². The van der Waals surface area contributed by atoms with Gasteiger partial charge in [-0.1, -0.05) is 43.3 Å². The first kappa shape index (κ1) is 66.5. The first-order valence-electron chi connectivity index (χ1n) is 30.2. The maximum absolute atomic E-state index is 13.4. The second kappa shape index (κ2) is 33.2. The Morgan fingerprint density at radius 2 is 1.15 bits per heavy atom. The molecule has 1 atom stereocenters. The standard InChI is InChI=1S/C60H92N12O13/c1-4-50-49(56-63-45(2)34-46(3)72(56)65-50)35-48-11-9-47(10-12-48)8-5-15-66-16-26-71(27-17-66)44-59-41-60(42-59,43-59)58(82)64-51(40-73)57(81)62-14-7-29-84-31-33-85-32-30-83-28-6-13-61-52(74)36-67-18-20-68(37-53(75)76)22-24-70(39-55(79)80)25-23-69(21-19-67)38-54(77)78/h5,8-12,34,51,73H,4,6-7,13-33,35-44H2,1-3H3,(H,61,74)(H,62,81)(H,64,82)(H,75,76)(H,77,78)(H,79,80)/b8-5+/t51-,59?,60?/m0/s1. The van der Waals surface area contributed by atoms with E-state index >= 15 is 0 Å². The van der Waals surface area contributed by atoms with Gasteiger partial charge in [-0.3, -0.25) is 53.3 Å². The molecule has 4 heterocycles. The summed E-state index contributed by atoms with van der Waals surface area (Å²) in [5.41, 5.74) is 7.47. The molecule has 2 aliphatic heterocycles. The Kier molecular flexibility index (Phi) is 26.0. The molecule has 470 valence electrons. The molecule has 1 aromatic carbocycles. The van der Waals surface area contributed by atoms with E-state index in [0.717, 1.165) is 94.1 Å². The van der Waals surface area contributed by atoms with Gasteiger partial charge in [-0.25, -0.2) is 9.50 Å². The van der Waals surface area contributed by atoms with Gasteiger partial charge < -0.3 is 55.5 Å². The number of aliphatic hydroxyl groups excluding tert-OH is 1. The zero-order chi connectivity index (χ0) is 60.8. The Balaban J connectivity index is 0.670. The molecule has 0 spiro atoms. The smallest absolute Gasteiger partial charge is 0.317 e. The largest absolute Gasteiger partial charge is 0.480 e. The Morgan fingerprint density at radius 3 is 1.67 bits per heavy atom. The molecule has 25 heteroatoms. The maximum atomic E-state index is 13.4. The molecule has 5 aliphatic rings. The molecule has 2 bridgehead atoms. The summed E-state index contributed by atoms with van der Waals surface area (Å²) in [5.74, 6) is -3.86.